The second-order valence-electron chi connectivity index (χ2n) is 11.5. The van der Waals surface area contributed by atoms with E-state index in [4.69, 9.17) is 4.74 Å². The monoisotopic (exact) mass is 593 g/mol. The van der Waals surface area contributed by atoms with Crippen LogP contribution in [0.5, 0.6) is 5.75 Å². The minimum absolute atomic E-state index is 0.0563. The Morgan fingerprint density at radius 1 is 0.818 bits per heavy atom. The Hall–Kier alpha value is -4.43. The van der Waals surface area contributed by atoms with Crippen LogP contribution in [0.2, 0.25) is 0 Å². The number of nitrogens with zero attached hydrogens (tertiary/aromatic N) is 5. The van der Waals surface area contributed by atoms with Gasteiger partial charge in [-0.05, 0) is 60.6 Å². The smallest absolute Gasteiger partial charge is 0.264 e. The molecule has 44 heavy (non-hydrogen) atoms. The number of hydrogen-bond donors (Lipinski definition) is 0. The van der Waals surface area contributed by atoms with Gasteiger partial charge in [0.1, 0.15) is 5.75 Å². The summed E-state index contributed by atoms with van der Waals surface area (Å²) in [6.07, 6.45) is 6.54. The minimum Gasteiger partial charge on any atom is -0.484 e. The largest absolute Gasteiger partial charge is 0.484 e. The molecule has 1 aliphatic rings. The summed E-state index contributed by atoms with van der Waals surface area (Å²) in [5.41, 5.74) is 5.19. The number of aromatic nitrogens is 2. The Balaban J connectivity index is 1.41. The molecule has 0 bridgehead atoms. The quantitative estimate of drug-likeness (QED) is 0.274. The van der Waals surface area contributed by atoms with Gasteiger partial charge in [-0.15, -0.1) is 0 Å². The van der Waals surface area contributed by atoms with Crippen molar-refractivity contribution in [3.63, 3.8) is 0 Å². The average Bonchev–Trinajstić information content (AvgIpc) is 3.46. The molecule has 0 atom stereocenters. The molecule has 0 unspecified atom stereocenters. The van der Waals surface area contributed by atoms with Gasteiger partial charge in [0.25, 0.3) is 5.91 Å². The van der Waals surface area contributed by atoms with E-state index in [0.29, 0.717) is 38.2 Å². The highest BCUT2D eigenvalue weighted by Crippen LogP contribution is 2.28. The molecule has 1 aliphatic heterocycles. The lowest BCUT2D eigenvalue weighted by Gasteiger charge is -2.32. The van der Waals surface area contributed by atoms with Crippen LogP contribution in [0.1, 0.15) is 41.5 Å². The third-order valence-electron chi connectivity index (χ3n) is 8.11. The maximum atomic E-state index is 13.9. The summed E-state index contributed by atoms with van der Waals surface area (Å²) in [6, 6.07) is 26.0. The number of para-hydroxylation sites is 2. The summed E-state index contributed by atoms with van der Waals surface area (Å²) in [7, 11) is 1.89. The molecule has 3 aromatic carbocycles. The van der Waals surface area contributed by atoms with E-state index < -0.39 is 0 Å². The van der Waals surface area contributed by atoms with Crippen LogP contribution < -0.4 is 9.64 Å². The third kappa shape index (κ3) is 8.57. The summed E-state index contributed by atoms with van der Waals surface area (Å²) >= 11 is 0. The zero-order valence-electron chi connectivity index (χ0n) is 25.9. The van der Waals surface area contributed by atoms with Crippen LogP contribution in [-0.4, -0.2) is 64.2 Å². The van der Waals surface area contributed by atoms with Gasteiger partial charge in [-0.2, -0.15) is 5.10 Å². The molecule has 0 aliphatic carbocycles. The molecule has 230 valence electrons. The summed E-state index contributed by atoms with van der Waals surface area (Å²) in [5, 5.41) is 4.26. The second kappa shape index (κ2) is 15.3. The molecule has 4 aromatic rings. The molecule has 0 fully saturated rings. The topological polar surface area (TPSA) is 70.9 Å². The first-order chi connectivity index (χ1) is 21.5. The number of benzene rings is 3. The van der Waals surface area contributed by atoms with Crippen LogP contribution in [0.15, 0.2) is 91.3 Å². The molecular formula is C36H43N5O3. The Kier molecular flexibility index (Phi) is 10.8. The molecular weight excluding hydrogens is 550 g/mol. The fourth-order valence-electron chi connectivity index (χ4n) is 5.89. The van der Waals surface area contributed by atoms with Gasteiger partial charge in [0, 0.05) is 58.9 Å². The highest BCUT2D eigenvalue weighted by Gasteiger charge is 2.25. The maximum Gasteiger partial charge on any atom is 0.264 e. The fourth-order valence-corrected chi connectivity index (χ4v) is 5.89. The molecule has 1 aromatic heterocycles. The molecule has 0 saturated heterocycles. The molecule has 0 radical (unpaired) electrons. The number of hydrogen-bond acceptors (Lipinski definition) is 5. The van der Waals surface area contributed by atoms with Gasteiger partial charge in [-0.3, -0.25) is 19.2 Å². The Morgan fingerprint density at radius 3 is 2.27 bits per heavy atom. The van der Waals surface area contributed by atoms with Crippen LogP contribution in [0, 0.1) is 6.92 Å². The fraction of sp³-hybridized carbons (Fsp3) is 0.361. The number of aryl methyl sites for hydroxylation is 3. The van der Waals surface area contributed by atoms with E-state index in [1.54, 1.807) is 4.68 Å². The summed E-state index contributed by atoms with van der Waals surface area (Å²) in [4.78, 5) is 33.9. The van der Waals surface area contributed by atoms with Crippen molar-refractivity contribution in [1.82, 2.24) is 19.6 Å². The van der Waals surface area contributed by atoms with E-state index in [9.17, 15) is 9.59 Å². The van der Waals surface area contributed by atoms with Crippen LogP contribution in [0.3, 0.4) is 0 Å². The van der Waals surface area contributed by atoms with Crippen molar-refractivity contribution in [1.29, 1.82) is 0 Å². The van der Waals surface area contributed by atoms with Crippen molar-refractivity contribution >= 4 is 17.5 Å². The predicted octanol–water partition coefficient (Wildman–Crippen LogP) is 5.40. The first kappa shape index (κ1) is 31.0. The van der Waals surface area contributed by atoms with Gasteiger partial charge in [0.05, 0.1) is 11.9 Å². The zero-order chi connectivity index (χ0) is 30.7. The highest BCUT2D eigenvalue weighted by molar-refractivity contribution is 5.96. The number of anilines is 1. The number of carbonyl (C=O) groups is 2. The van der Waals surface area contributed by atoms with E-state index in [1.165, 1.54) is 5.56 Å². The number of carbonyl (C=O) groups excluding carboxylic acids is 2. The SMILES string of the molecule is Cc1cccc2c1N(C(=O)COc1ccccc1)CCCN(Cc1ccccc1)CCCN(C(=O)CCc1cnn(C)c1)C2. The highest BCUT2D eigenvalue weighted by atomic mass is 16.5. The van der Waals surface area contributed by atoms with Crippen molar-refractivity contribution < 1.29 is 14.3 Å². The molecule has 0 spiro atoms. The van der Waals surface area contributed by atoms with Crippen molar-refractivity contribution in [2.75, 3.05) is 37.7 Å². The standard InChI is InChI=1S/C36H43N5O3/c1-29-12-9-15-32-27-40(34(42)19-18-31-24-37-38(2)25-31)22-10-20-39(26-30-13-5-3-6-14-30)21-11-23-41(36(29)32)35(43)28-44-33-16-7-4-8-17-33/h3-9,12-17,24-25H,10-11,18-23,26-28H2,1-2H3. The van der Waals surface area contributed by atoms with Crippen molar-refractivity contribution in [3.8, 4) is 5.75 Å². The molecule has 8 heteroatoms. The average molecular weight is 594 g/mol. The van der Waals surface area contributed by atoms with Gasteiger partial charge in [0.15, 0.2) is 6.61 Å². The number of rotatable bonds is 8. The van der Waals surface area contributed by atoms with Crippen molar-refractivity contribution in [3.05, 3.63) is 114 Å². The van der Waals surface area contributed by atoms with E-state index in [-0.39, 0.29) is 18.4 Å². The van der Waals surface area contributed by atoms with Crippen LogP contribution in [0.4, 0.5) is 5.69 Å². The van der Waals surface area contributed by atoms with Gasteiger partial charge in [-0.25, -0.2) is 0 Å². The second-order valence-corrected chi connectivity index (χ2v) is 11.5. The molecule has 2 amide bonds. The lowest BCUT2D eigenvalue weighted by molar-refractivity contribution is -0.131. The van der Waals surface area contributed by atoms with E-state index >= 15 is 0 Å². The van der Waals surface area contributed by atoms with Gasteiger partial charge < -0.3 is 14.5 Å². The zero-order valence-corrected chi connectivity index (χ0v) is 25.9. The number of amides is 2. The molecule has 0 saturated carbocycles. The molecule has 2 heterocycles. The Bertz CT molecular complexity index is 1500. The summed E-state index contributed by atoms with van der Waals surface area (Å²) in [6.45, 7) is 6.19. The molecule has 0 N–H and O–H groups in total. The van der Waals surface area contributed by atoms with Crippen molar-refractivity contribution in [2.45, 2.75) is 45.7 Å². The third-order valence-corrected chi connectivity index (χ3v) is 8.11. The molecule has 8 nitrogen and oxygen atoms in total. The maximum absolute atomic E-state index is 13.9. The normalized spacial score (nSPS) is 14.8. The summed E-state index contributed by atoms with van der Waals surface area (Å²) in [5.74, 6) is 0.684. The number of ether oxygens (including phenoxy) is 1. The van der Waals surface area contributed by atoms with Gasteiger partial charge in [0.2, 0.25) is 5.91 Å². The van der Waals surface area contributed by atoms with E-state index in [1.807, 2.05) is 84.7 Å². The first-order valence-corrected chi connectivity index (χ1v) is 15.5. The van der Waals surface area contributed by atoms with Crippen LogP contribution in [0.25, 0.3) is 0 Å². The number of fused-ring (bicyclic) bond motifs is 1. The first-order valence-electron chi connectivity index (χ1n) is 15.5. The van der Waals surface area contributed by atoms with Gasteiger partial charge in [-0.1, -0.05) is 66.7 Å². The minimum atomic E-state index is -0.0921. The van der Waals surface area contributed by atoms with Crippen LogP contribution in [-0.2, 0) is 36.1 Å². The van der Waals surface area contributed by atoms with Crippen LogP contribution >= 0.6 is 0 Å². The van der Waals surface area contributed by atoms with Gasteiger partial charge >= 0.3 is 0 Å². The Morgan fingerprint density at radius 2 is 1.55 bits per heavy atom. The molecule has 5 rings (SSSR count). The Labute approximate surface area is 260 Å². The predicted molar refractivity (Wildman–Crippen MR) is 173 cm³/mol. The lowest BCUT2D eigenvalue weighted by Crippen LogP contribution is -2.40. The lowest BCUT2D eigenvalue weighted by atomic mass is 10.0. The van der Waals surface area contributed by atoms with E-state index in [2.05, 4.69) is 40.3 Å². The van der Waals surface area contributed by atoms with E-state index in [0.717, 1.165) is 54.9 Å². The summed E-state index contributed by atoms with van der Waals surface area (Å²) < 4.78 is 7.68. The van der Waals surface area contributed by atoms with Crippen molar-refractivity contribution in [2.24, 2.45) is 7.05 Å².